The van der Waals surface area contributed by atoms with Gasteiger partial charge in [-0.1, -0.05) is 35.3 Å². The van der Waals surface area contributed by atoms with E-state index in [9.17, 15) is 8.42 Å². The summed E-state index contributed by atoms with van der Waals surface area (Å²) in [5, 5.41) is 8.71. The molecule has 0 aliphatic heterocycles. The summed E-state index contributed by atoms with van der Waals surface area (Å²) in [5.41, 5.74) is 0.901. The van der Waals surface area contributed by atoms with Crippen LogP contribution < -0.4 is 0 Å². The van der Waals surface area contributed by atoms with Gasteiger partial charge in [-0.15, -0.1) is 10.2 Å². The molecule has 0 fully saturated rings. The third-order valence-electron chi connectivity index (χ3n) is 3.26. The molecule has 0 bridgehead atoms. The van der Waals surface area contributed by atoms with Crippen molar-refractivity contribution in [3.05, 3.63) is 75.9 Å². The lowest BCUT2D eigenvalue weighted by atomic mass is 10.2. The number of hydrogen-bond acceptors (Lipinski definition) is 5. The Hall–Kier alpha value is -2.15. The fourth-order valence-corrected chi connectivity index (χ4v) is 3.43. The van der Waals surface area contributed by atoms with Crippen LogP contribution in [0.5, 0.6) is 0 Å². The van der Waals surface area contributed by atoms with Crippen LogP contribution in [-0.4, -0.2) is 18.6 Å². The van der Waals surface area contributed by atoms with Crippen LogP contribution in [0.15, 0.2) is 57.8 Å². The van der Waals surface area contributed by atoms with Gasteiger partial charge >= 0.3 is 0 Å². The third kappa shape index (κ3) is 4.69. The van der Waals surface area contributed by atoms with E-state index in [4.69, 9.17) is 27.6 Å². The first kappa shape index (κ1) is 17.7. The summed E-state index contributed by atoms with van der Waals surface area (Å²) in [7, 11) is -3.58. The van der Waals surface area contributed by atoms with Gasteiger partial charge < -0.3 is 4.42 Å². The van der Waals surface area contributed by atoms with Gasteiger partial charge in [-0.2, -0.15) is 0 Å². The minimum Gasteiger partial charge on any atom is -0.420 e. The van der Waals surface area contributed by atoms with Crippen LogP contribution in [0, 0.1) is 0 Å². The first-order valence-electron chi connectivity index (χ1n) is 7.17. The van der Waals surface area contributed by atoms with E-state index in [0.29, 0.717) is 10.0 Å². The van der Waals surface area contributed by atoms with E-state index in [1.54, 1.807) is 24.3 Å². The fraction of sp³-hybridized carbons (Fsp3) is 0.0588. The predicted octanol–water partition coefficient (Wildman–Crippen LogP) is 4.52. The number of sulfone groups is 1. The van der Waals surface area contributed by atoms with E-state index in [2.05, 4.69) is 10.2 Å². The zero-order valence-electron chi connectivity index (χ0n) is 12.8. The van der Waals surface area contributed by atoms with Gasteiger partial charge in [-0.3, -0.25) is 0 Å². The molecule has 25 heavy (non-hydrogen) atoms. The van der Waals surface area contributed by atoms with Gasteiger partial charge in [0.25, 0.3) is 0 Å². The highest BCUT2D eigenvalue weighted by molar-refractivity contribution is 7.90. The van der Waals surface area contributed by atoms with Crippen LogP contribution in [-0.2, 0) is 15.6 Å². The molecule has 0 saturated heterocycles. The Balaban J connectivity index is 1.73. The summed E-state index contributed by atoms with van der Waals surface area (Å²) in [6.45, 7) is 0. The maximum absolute atomic E-state index is 12.3. The SMILES string of the molecule is O=S(=O)(Cc1nnc(/C=C/c2ccc(Cl)cc2)o1)c1ccc(Cl)cc1. The smallest absolute Gasteiger partial charge is 0.240 e. The van der Waals surface area contributed by atoms with Crippen LogP contribution in [0.2, 0.25) is 10.0 Å². The number of rotatable bonds is 5. The van der Waals surface area contributed by atoms with Crippen LogP contribution in [0.3, 0.4) is 0 Å². The van der Waals surface area contributed by atoms with Crippen LogP contribution >= 0.6 is 23.2 Å². The molecule has 0 spiro atoms. The van der Waals surface area contributed by atoms with Crippen molar-refractivity contribution in [1.29, 1.82) is 0 Å². The third-order valence-corrected chi connectivity index (χ3v) is 5.38. The summed E-state index contributed by atoms with van der Waals surface area (Å²) in [6, 6.07) is 13.1. The lowest BCUT2D eigenvalue weighted by Gasteiger charge is -2.01. The molecule has 0 radical (unpaired) electrons. The van der Waals surface area contributed by atoms with Gasteiger partial charge in [0.1, 0.15) is 5.75 Å². The van der Waals surface area contributed by atoms with E-state index in [1.165, 1.54) is 24.3 Å². The first-order chi connectivity index (χ1) is 11.9. The number of hydrogen-bond donors (Lipinski definition) is 0. The molecule has 2 aromatic carbocycles. The summed E-state index contributed by atoms with van der Waals surface area (Å²) >= 11 is 11.6. The average Bonchev–Trinajstić information content (AvgIpc) is 3.01. The van der Waals surface area contributed by atoms with Crippen molar-refractivity contribution in [2.75, 3.05) is 0 Å². The fourth-order valence-electron chi connectivity index (χ4n) is 2.02. The highest BCUT2D eigenvalue weighted by atomic mass is 35.5. The minimum atomic E-state index is -3.58. The van der Waals surface area contributed by atoms with Crippen molar-refractivity contribution in [3.63, 3.8) is 0 Å². The molecule has 1 aromatic heterocycles. The van der Waals surface area contributed by atoms with Crippen molar-refractivity contribution in [1.82, 2.24) is 10.2 Å². The molecule has 0 aliphatic rings. The highest BCUT2D eigenvalue weighted by Gasteiger charge is 2.19. The quantitative estimate of drug-likeness (QED) is 0.635. The Bertz CT molecular complexity index is 995. The zero-order chi connectivity index (χ0) is 17.9. The number of nitrogens with zero attached hydrogens (tertiary/aromatic N) is 2. The topological polar surface area (TPSA) is 73.1 Å². The van der Waals surface area contributed by atoms with Crippen molar-refractivity contribution < 1.29 is 12.8 Å². The van der Waals surface area contributed by atoms with E-state index >= 15 is 0 Å². The van der Waals surface area contributed by atoms with Crippen molar-refractivity contribution in [3.8, 4) is 0 Å². The molecule has 0 saturated carbocycles. The number of aromatic nitrogens is 2. The Morgan fingerprint density at radius 3 is 2.12 bits per heavy atom. The lowest BCUT2D eigenvalue weighted by molar-refractivity contribution is 0.498. The summed E-state index contributed by atoms with van der Waals surface area (Å²) in [5.74, 6) is -0.141. The molecule has 0 unspecified atom stereocenters. The number of halogens is 2. The average molecular weight is 395 g/mol. The molecule has 5 nitrogen and oxygen atoms in total. The molecule has 3 aromatic rings. The summed E-state index contributed by atoms with van der Waals surface area (Å²) < 4.78 is 30.0. The van der Waals surface area contributed by atoms with Crippen LogP contribution in [0.1, 0.15) is 17.3 Å². The molecule has 0 atom stereocenters. The molecule has 0 N–H and O–H groups in total. The maximum atomic E-state index is 12.3. The van der Waals surface area contributed by atoms with Gasteiger partial charge in [-0.25, -0.2) is 8.42 Å². The standard InChI is InChI=1S/C17H12Cl2N2O3S/c18-13-4-1-12(2-5-13)3-10-16-20-21-17(24-16)11-25(22,23)15-8-6-14(19)7-9-15/h1-10H,11H2/b10-3+. The number of benzene rings is 2. The Morgan fingerprint density at radius 1 is 0.880 bits per heavy atom. The Labute approximate surface area is 154 Å². The van der Waals surface area contributed by atoms with Crippen molar-refractivity contribution >= 4 is 45.2 Å². The van der Waals surface area contributed by atoms with Gasteiger partial charge in [0.15, 0.2) is 9.84 Å². The van der Waals surface area contributed by atoms with Gasteiger partial charge in [-0.05, 0) is 48.0 Å². The predicted molar refractivity (Wildman–Crippen MR) is 97.0 cm³/mol. The van der Waals surface area contributed by atoms with E-state index in [-0.39, 0.29) is 22.4 Å². The highest BCUT2D eigenvalue weighted by Crippen LogP contribution is 2.19. The second kappa shape index (κ2) is 7.39. The summed E-state index contributed by atoms with van der Waals surface area (Å²) in [6.07, 6.45) is 3.37. The van der Waals surface area contributed by atoms with Gasteiger partial charge in [0.05, 0.1) is 4.90 Å². The molecule has 0 aliphatic carbocycles. The first-order valence-corrected chi connectivity index (χ1v) is 9.57. The summed E-state index contributed by atoms with van der Waals surface area (Å²) in [4.78, 5) is 0.147. The second-order valence-electron chi connectivity index (χ2n) is 5.13. The monoisotopic (exact) mass is 394 g/mol. The Morgan fingerprint density at radius 2 is 1.48 bits per heavy atom. The molecule has 8 heteroatoms. The van der Waals surface area contributed by atoms with E-state index in [0.717, 1.165) is 5.56 Å². The lowest BCUT2D eigenvalue weighted by Crippen LogP contribution is -2.05. The minimum absolute atomic E-state index is 0.0192. The molecule has 1 heterocycles. The van der Waals surface area contributed by atoms with Crippen LogP contribution in [0.25, 0.3) is 12.2 Å². The van der Waals surface area contributed by atoms with Crippen LogP contribution in [0.4, 0.5) is 0 Å². The normalized spacial score (nSPS) is 11.9. The molecular weight excluding hydrogens is 383 g/mol. The molecule has 3 rings (SSSR count). The molecule has 0 amide bonds. The largest absolute Gasteiger partial charge is 0.420 e. The zero-order valence-corrected chi connectivity index (χ0v) is 15.1. The molecule has 128 valence electrons. The second-order valence-corrected chi connectivity index (χ2v) is 7.99. The van der Waals surface area contributed by atoms with Gasteiger partial charge in [0.2, 0.25) is 11.8 Å². The van der Waals surface area contributed by atoms with Gasteiger partial charge in [0, 0.05) is 16.1 Å². The van der Waals surface area contributed by atoms with E-state index in [1.807, 2.05) is 12.1 Å². The maximum Gasteiger partial charge on any atom is 0.240 e. The van der Waals surface area contributed by atoms with E-state index < -0.39 is 9.84 Å². The van der Waals surface area contributed by atoms with Crippen molar-refractivity contribution in [2.45, 2.75) is 10.6 Å². The molecular formula is C17H12Cl2N2O3S. The van der Waals surface area contributed by atoms with Crippen molar-refractivity contribution in [2.24, 2.45) is 0 Å². The Kier molecular flexibility index (Phi) is 5.22.